The van der Waals surface area contributed by atoms with Crippen LogP contribution in [0.2, 0.25) is 5.02 Å². The Labute approximate surface area is 112 Å². The average molecular weight is 308 g/mol. The van der Waals surface area contributed by atoms with Crippen LogP contribution in [0.1, 0.15) is 0 Å². The number of sulfonamides is 1. The van der Waals surface area contributed by atoms with Crippen LogP contribution < -0.4 is 10.1 Å². The van der Waals surface area contributed by atoms with Gasteiger partial charge < -0.3 is 0 Å². The van der Waals surface area contributed by atoms with E-state index in [1.54, 1.807) is 0 Å². The molecule has 102 valence electrons. The third-order valence-electron chi connectivity index (χ3n) is 2.22. The van der Waals surface area contributed by atoms with Gasteiger partial charge in [0.15, 0.2) is 0 Å². The molecule has 0 aromatic heterocycles. The Morgan fingerprint density at radius 3 is 2.58 bits per heavy atom. The number of nitrogens with zero attached hydrogens (tertiary/aromatic N) is 1. The second-order valence-electron chi connectivity index (χ2n) is 3.61. The van der Waals surface area contributed by atoms with Gasteiger partial charge in [0, 0.05) is 0 Å². The lowest BCUT2D eigenvalue weighted by Crippen LogP contribution is -2.44. The van der Waals surface area contributed by atoms with E-state index >= 15 is 0 Å². The van der Waals surface area contributed by atoms with Gasteiger partial charge in [0.1, 0.15) is 12.4 Å². The predicted octanol–water partition coefficient (Wildman–Crippen LogP) is 0.224. The normalized spacial score (nSPS) is 15.8. The lowest BCUT2D eigenvalue weighted by Gasteiger charge is -2.14. The molecule has 1 saturated heterocycles. The van der Waals surface area contributed by atoms with Gasteiger partial charge in [-0.05, 0) is 18.2 Å². The van der Waals surface area contributed by atoms with E-state index in [9.17, 15) is 22.4 Å². The van der Waals surface area contributed by atoms with Crippen molar-refractivity contribution >= 4 is 33.6 Å². The van der Waals surface area contributed by atoms with Crippen molar-refractivity contribution in [3.05, 3.63) is 29.0 Å². The van der Waals surface area contributed by atoms with E-state index < -0.39 is 34.3 Å². The molecule has 1 aliphatic heterocycles. The Bertz CT molecular complexity index is 663. The van der Waals surface area contributed by atoms with Gasteiger partial charge >= 0.3 is 6.03 Å². The highest BCUT2D eigenvalue weighted by molar-refractivity contribution is 7.89. The SMILES string of the molecule is O=C1CN(NS(=O)(=O)c2ccc(F)c(Cl)c2)C(=O)N1. The average Bonchev–Trinajstić information content (AvgIpc) is 2.60. The van der Waals surface area contributed by atoms with Crippen molar-refractivity contribution in [2.24, 2.45) is 0 Å². The molecule has 3 amide bonds. The standard InChI is InChI=1S/C9H7ClFN3O4S/c10-6-3-5(1-2-7(6)11)19(17,18)13-14-4-8(15)12-9(14)16/h1-3,13H,4H2,(H,12,15,16). The summed E-state index contributed by atoms with van der Waals surface area (Å²) in [6, 6.07) is 1.88. The van der Waals surface area contributed by atoms with Crippen LogP contribution >= 0.6 is 11.6 Å². The summed E-state index contributed by atoms with van der Waals surface area (Å²) in [4.78, 5) is 23.7. The van der Waals surface area contributed by atoms with Gasteiger partial charge in [0.25, 0.3) is 10.0 Å². The maximum absolute atomic E-state index is 12.9. The van der Waals surface area contributed by atoms with Crippen molar-refractivity contribution in [2.45, 2.75) is 4.90 Å². The fourth-order valence-corrected chi connectivity index (χ4v) is 2.67. The van der Waals surface area contributed by atoms with Crippen molar-refractivity contribution in [1.82, 2.24) is 15.2 Å². The largest absolute Gasteiger partial charge is 0.339 e. The molecule has 0 saturated carbocycles. The Morgan fingerprint density at radius 1 is 1.37 bits per heavy atom. The van der Waals surface area contributed by atoms with Gasteiger partial charge in [-0.15, -0.1) is 4.83 Å². The molecule has 0 unspecified atom stereocenters. The number of hydrogen-bond donors (Lipinski definition) is 2. The summed E-state index contributed by atoms with van der Waals surface area (Å²) < 4.78 is 36.7. The molecule has 1 fully saturated rings. The topological polar surface area (TPSA) is 95.6 Å². The zero-order valence-electron chi connectivity index (χ0n) is 9.18. The number of benzene rings is 1. The minimum Gasteiger partial charge on any atom is -0.275 e. The van der Waals surface area contributed by atoms with Crippen LogP contribution in [-0.4, -0.2) is 31.9 Å². The van der Waals surface area contributed by atoms with Gasteiger partial charge in [-0.2, -0.15) is 0 Å². The molecule has 1 aromatic rings. The van der Waals surface area contributed by atoms with E-state index in [4.69, 9.17) is 11.6 Å². The number of carbonyl (C=O) groups is 2. The third kappa shape index (κ3) is 2.83. The summed E-state index contributed by atoms with van der Waals surface area (Å²) in [7, 11) is -4.13. The summed E-state index contributed by atoms with van der Waals surface area (Å²) in [5, 5.41) is 2.12. The monoisotopic (exact) mass is 307 g/mol. The second kappa shape index (κ2) is 4.76. The Hall–Kier alpha value is -1.71. The Kier molecular flexibility index (Phi) is 3.43. The molecular weight excluding hydrogens is 301 g/mol. The predicted molar refractivity (Wildman–Crippen MR) is 62.0 cm³/mol. The Balaban J connectivity index is 2.25. The quantitative estimate of drug-likeness (QED) is 0.781. The minimum atomic E-state index is -4.13. The summed E-state index contributed by atoms with van der Waals surface area (Å²) in [6.07, 6.45) is 0. The molecule has 2 rings (SSSR count). The Morgan fingerprint density at radius 2 is 2.05 bits per heavy atom. The van der Waals surface area contributed by atoms with Gasteiger partial charge in [0.2, 0.25) is 5.91 Å². The number of hydrogen-bond acceptors (Lipinski definition) is 4. The molecule has 7 nitrogen and oxygen atoms in total. The number of rotatable bonds is 3. The number of carbonyl (C=O) groups excluding carboxylic acids is 2. The molecule has 10 heteroatoms. The van der Waals surface area contributed by atoms with Gasteiger partial charge in [0.05, 0.1) is 9.92 Å². The molecular formula is C9H7ClFN3O4S. The lowest BCUT2D eigenvalue weighted by molar-refractivity contribution is -0.118. The fourth-order valence-electron chi connectivity index (χ4n) is 1.36. The van der Waals surface area contributed by atoms with Gasteiger partial charge in [-0.1, -0.05) is 11.6 Å². The first-order valence-corrected chi connectivity index (χ1v) is 6.74. The third-order valence-corrected chi connectivity index (χ3v) is 3.85. The minimum absolute atomic E-state index is 0.328. The van der Waals surface area contributed by atoms with Crippen molar-refractivity contribution in [3.63, 3.8) is 0 Å². The summed E-state index contributed by atoms with van der Waals surface area (Å²) in [5.41, 5.74) is 0. The van der Waals surface area contributed by atoms with E-state index in [-0.39, 0.29) is 9.92 Å². The first-order chi connectivity index (χ1) is 8.79. The lowest BCUT2D eigenvalue weighted by atomic mass is 10.3. The van der Waals surface area contributed by atoms with Crippen LogP contribution in [0.3, 0.4) is 0 Å². The maximum Gasteiger partial charge on any atom is 0.339 e. The van der Waals surface area contributed by atoms with Crippen LogP contribution in [0.15, 0.2) is 23.1 Å². The fraction of sp³-hybridized carbons (Fsp3) is 0.111. The van der Waals surface area contributed by atoms with Crippen LogP contribution in [0.25, 0.3) is 0 Å². The summed E-state index contributed by atoms with van der Waals surface area (Å²) >= 11 is 5.47. The molecule has 0 spiro atoms. The highest BCUT2D eigenvalue weighted by Crippen LogP contribution is 2.19. The number of amides is 3. The van der Waals surface area contributed by atoms with Crippen molar-refractivity contribution < 1.29 is 22.4 Å². The maximum atomic E-state index is 12.9. The highest BCUT2D eigenvalue weighted by Gasteiger charge is 2.31. The van der Waals surface area contributed by atoms with Gasteiger partial charge in [-0.3, -0.25) is 10.1 Å². The first kappa shape index (κ1) is 13.7. The van der Waals surface area contributed by atoms with Crippen molar-refractivity contribution in [2.75, 3.05) is 6.54 Å². The molecule has 0 aliphatic carbocycles. The molecule has 0 atom stereocenters. The molecule has 0 bridgehead atoms. The van der Waals surface area contributed by atoms with Gasteiger partial charge in [-0.25, -0.2) is 22.6 Å². The number of urea groups is 1. The number of halogens is 2. The second-order valence-corrected chi connectivity index (χ2v) is 5.68. The first-order valence-electron chi connectivity index (χ1n) is 4.88. The molecule has 1 aliphatic rings. The van der Waals surface area contributed by atoms with E-state index in [1.807, 2.05) is 10.1 Å². The zero-order chi connectivity index (χ0) is 14.2. The van der Waals surface area contributed by atoms with E-state index in [0.717, 1.165) is 18.2 Å². The number of imide groups is 1. The van der Waals surface area contributed by atoms with Crippen molar-refractivity contribution in [3.8, 4) is 0 Å². The van der Waals surface area contributed by atoms with Crippen LogP contribution in [-0.2, 0) is 14.8 Å². The van der Waals surface area contributed by atoms with Crippen LogP contribution in [0, 0.1) is 5.82 Å². The van der Waals surface area contributed by atoms with E-state index in [0.29, 0.717) is 5.01 Å². The number of nitrogens with one attached hydrogen (secondary N) is 2. The smallest absolute Gasteiger partial charge is 0.275 e. The van der Waals surface area contributed by atoms with Crippen LogP contribution in [0.4, 0.5) is 9.18 Å². The van der Waals surface area contributed by atoms with E-state index in [2.05, 4.69) is 0 Å². The molecule has 0 radical (unpaired) electrons. The molecule has 1 heterocycles. The molecule has 1 aromatic carbocycles. The summed E-state index contributed by atoms with van der Waals surface area (Å²) in [5.74, 6) is -1.40. The molecule has 19 heavy (non-hydrogen) atoms. The van der Waals surface area contributed by atoms with Crippen molar-refractivity contribution in [1.29, 1.82) is 0 Å². The summed E-state index contributed by atoms with van der Waals surface area (Å²) in [6.45, 7) is -0.438. The number of hydrazine groups is 1. The highest BCUT2D eigenvalue weighted by atomic mass is 35.5. The van der Waals surface area contributed by atoms with E-state index in [1.165, 1.54) is 0 Å². The zero-order valence-corrected chi connectivity index (χ0v) is 10.8. The van der Waals surface area contributed by atoms with Crippen LogP contribution in [0.5, 0.6) is 0 Å². The molecule has 2 N–H and O–H groups in total.